The molecule has 1 heterocycles. The monoisotopic (exact) mass is 173 g/mol. The standard InChI is InChI=1S/C8H15NO3/c1-12-7-2-4-9(6-7)5-3-8(10)11/h7H,2-6H2,1H3,(H,10,11). The predicted molar refractivity (Wildman–Crippen MR) is 44.1 cm³/mol. The number of nitrogens with zero attached hydrogens (tertiary/aromatic N) is 1. The first kappa shape index (κ1) is 9.48. The lowest BCUT2D eigenvalue weighted by atomic mass is 10.3. The van der Waals surface area contributed by atoms with E-state index in [4.69, 9.17) is 9.84 Å². The summed E-state index contributed by atoms with van der Waals surface area (Å²) in [5.41, 5.74) is 0. The van der Waals surface area contributed by atoms with Crippen LogP contribution in [0.4, 0.5) is 0 Å². The van der Waals surface area contributed by atoms with Crippen LogP contribution in [-0.4, -0.2) is 48.8 Å². The average Bonchev–Trinajstić information content (AvgIpc) is 2.48. The van der Waals surface area contributed by atoms with Crippen LogP contribution in [0.15, 0.2) is 0 Å². The number of carboxylic acids is 1. The van der Waals surface area contributed by atoms with Crippen LogP contribution in [0.3, 0.4) is 0 Å². The zero-order valence-corrected chi connectivity index (χ0v) is 7.32. The summed E-state index contributed by atoms with van der Waals surface area (Å²) in [6.07, 6.45) is 1.56. The SMILES string of the molecule is COC1CCN(CCC(=O)O)C1. The summed E-state index contributed by atoms with van der Waals surface area (Å²) in [7, 11) is 1.70. The molecular weight excluding hydrogens is 158 g/mol. The number of hydrogen-bond acceptors (Lipinski definition) is 3. The molecule has 1 fully saturated rings. The van der Waals surface area contributed by atoms with Crippen LogP contribution in [0.25, 0.3) is 0 Å². The van der Waals surface area contributed by atoms with Crippen molar-refractivity contribution in [3.8, 4) is 0 Å². The van der Waals surface area contributed by atoms with Gasteiger partial charge in [0.25, 0.3) is 0 Å². The molecule has 1 rings (SSSR count). The fourth-order valence-corrected chi connectivity index (χ4v) is 1.45. The molecule has 12 heavy (non-hydrogen) atoms. The minimum atomic E-state index is -0.726. The van der Waals surface area contributed by atoms with Crippen LogP contribution < -0.4 is 0 Å². The zero-order valence-electron chi connectivity index (χ0n) is 7.32. The number of aliphatic carboxylic acids is 1. The van der Waals surface area contributed by atoms with Gasteiger partial charge in [-0.05, 0) is 6.42 Å². The van der Waals surface area contributed by atoms with E-state index in [1.807, 2.05) is 0 Å². The minimum absolute atomic E-state index is 0.233. The van der Waals surface area contributed by atoms with Gasteiger partial charge in [-0.3, -0.25) is 4.79 Å². The van der Waals surface area contributed by atoms with E-state index in [-0.39, 0.29) is 6.42 Å². The molecule has 70 valence electrons. The average molecular weight is 173 g/mol. The molecule has 1 saturated heterocycles. The molecule has 0 aromatic carbocycles. The van der Waals surface area contributed by atoms with Gasteiger partial charge >= 0.3 is 5.97 Å². The lowest BCUT2D eigenvalue weighted by Crippen LogP contribution is -2.25. The Kier molecular flexibility index (Phi) is 3.49. The van der Waals surface area contributed by atoms with E-state index in [2.05, 4.69) is 4.90 Å². The summed E-state index contributed by atoms with van der Waals surface area (Å²) in [6, 6.07) is 0. The van der Waals surface area contributed by atoms with E-state index in [1.165, 1.54) is 0 Å². The van der Waals surface area contributed by atoms with E-state index in [1.54, 1.807) is 7.11 Å². The summed E-state index contributed by atoms with van der Waals surface area (Å²) in [6.45, 7) is 2.49. The van der Waals surface area contributed by atoms with Gasteiger partial charge in [0.15, 0.2) is 0 Å². The van der Waals surface area contributed by atoms with Crippen LogP contribution >= 0.6 is 0 Å². The molecule has 0 spiro atoms. The largest absolute Gasteiger partial charge is 0.481 e. The van der Waals surface area contributed by atoms with Crippen molar-refractivity contribution in [1.29, 1.82) is 0 Å². The highest BCUT2D eigenvalue weighted by atomic mass is 16.5. The quantitative estimate of drug-likeness (QED) is 0.659. The van der Waals surface area contributed by atoms with Gasteiger partial charge in [-0.25, -0.2) is 0 Å². The summed E-state index contributed by atoms with van der Waals surface area (Å²) in [5.74, 6) is -0.726. The molecule has 0 radical (unpaired) electrons. The zero-order chi connectivity index (χ0) is 8.97. The number of likely N-dealkylation sites (tertiary alicyclic amines) is 1. The predicted octanol–water partition coefficient (Wildman–Crippen LogP) is 0.182. The molecule has 4 heteroatoms. The molecular formula is C8H15NO3. The van der Waals surface area contributed by atoms with E-state index in [9.17, 15) is 4.79 Å². The lowest BCUT2D eigenvalue weighted by Gasteiger charge is -2.13. The van der Waals surface area contributed by atoms with Gasteiger partial charge in [0, 0.05) is 26.7 Å². The fourth-order valence-electron chi connectivity index (χ4n) is 1.45. The molecule has 1 aliphatic heterocycles. The second-order valence-corrected chi connectivity index (χ2v) is 3.09. The maximum Gasteiger partial charge on any atom is 0.304 e. The van der Waals surface area contributed by atoms with Gasteiger partial charge in [0.2, 0.25) is 0 Å². The number of carboxylic acid groups (broad SMARTS) is 1. The molecule has 1 unspecified atom stereocenters. The topological polar surface area (TPSA) is 49.8 Å². The normalized spacial score (nSPS) is 24.6. The van der Waals surface area contributed by atoms with E-state index < -0.39 is 5.97 Å². The first-order valence-corrected chi connectivity index (χ1v) is 4.19. The highest BCUT2D eigenvalue weighted by Gasteiger charge is 2.21. The second-order valence-electron chi connectivity index (χ2n) is 3.09. The number of hydrogen-bond donors (Lipinski definition) is 1. The van der Waals surface area contributed by atoms with Gasteiger partial charge in [0.1, 0.15) is 0 Å². The molecule has 1 N–H and O–H groups in total. The Balaban J connectivity index is 2.15. The Morgan fingerprint density at radius 2 is 2.50 bits per heavy atom. The highest BCUT2D eigenvalue weighted by molar-refractivity contribution is 5.66. The smallest absolute Gasteiger partial charge is 0.304 e. The van der Waals surface area contributed by atoms with Crippen molar-refractivity contribution in [3.05, 3.63) is 0 Å². The molecule has 0 bridgehead atoms. The van der Waals surface area contributed by atoms with Crippen LogP contribution in [0, 0.1) is 0 Å². The molecule has 1 atom stereocenters. The van der Waals surface area contributed by atoms with Crippen LogP contribution in [0.2, 0.25) is 0 Å². The molecule has 0 aromatic heterocycles. The third-order valence-electron chi connectivity index (χ3n) is 2.20. The van der Waals surface area contributed by atoms with Crippen LogP contribution in [-0.2, 0) is 9.53 Å². The maximum absolute atomic E-state index is 10.2. The summed E-state index contributed by atoms with van der Waals surface area (Å²) < 4.78 is 5.16. The molecule has 0 aromatic rings. The molecule has 0 amide bonds. The van der Waals surface area contributed by atoms with Crippen molar-refractivity contribution < 1.29 is 14.6 Å². The van der Waals surface area contributed by atoms with E-state index in [0.29, 0.717) is 12.6 Å². The number of methoxy groups -OCH3 is 1. The van der Waals surface area contributed by atoms with Gasteiger partial charge < -0.3 is 14.7 Å². The first-order chi connectivity index (χ1) is 5.72. The first-order valence-electron chi connectivity index (χ1n) is 4.19. The fraction of sp³-hybridized carbons (Fsp3) is 0.875. The maximum atomic E-state index is 10.2. The Bertz CT molecular complexity index is 160. The Morgan fingerprint density at radius 1 is 1.75 bits per heavy atom. The summed E-state index contributed by atoms with van der Waals surface area (Å²) >= 11 is 0. The molecule has 4 nitrogen and oxygen atoms in total. The van der Waals surface area contributed by atoms with Crippen molar-refractivity contribution >= 4 is 5.97 Å². The molecule has 0 saturated carbocycles. The van der Waals surface area contributed by atoms with Crippen molar-refractivity contribution in [2.45, 2.75) is 18.9 Å². The third kappa shape index (κ3) is 2.79. The Morgan fingerprint density at radius 3 is 3.00 bits per heavy atom. The Hall–Kier alpha value is -0.610. The van der Waals surface area contributed by atoms with Crippen molar-refractivity contribution in [1.82, 2.24) is 4.90 Å². The van der Waals surface area contributed by atoms with Crippen molar-refractivity contribution in [2.75, 3.05) is 26.7 Å². The number of ether oxygens (including phenoxy) is 1. The third-order valence-corrected chi connectivity index (χ3v) is 2.20. The molecule has 1 aliphatic rings. The van der Waals surface area contributed by atoms with Crippen molar-refractivity contribution in [2.24, 2.45) is 0 Å². The van der Waals surface area contributed by atoms with E-state index >= 15 is 0 Å². The summed E-state index contributed by atoms with van der Waals surface area (Å²) in [4.78, 5) is 12.4. The Labute approximate surface area is 72.1 Å². The highest BCUT2D eigenvalue weighted by Crippen LogP contribution is 2.11. The minimum Gasteiger partial charge on any atom is -0.481 e. The van der Waals surface area contributed by atoms with Gasteiger partial charge in [-0.1, -0.05) is 0 Å². The molecule has 0 aliphatic carbocycles. The van der Waals surface area contributed by atoms with Crippen LogP contribution in [0.5, 0.6) is 0 Å². The second kappa shape index (κ2) is 4.42. The van der Waals surface area contributed by atoms with Crippen LogP contribution in [0.1, 0.15) is 12.8 Å². The van der Waals surface area contributed by atoms with Gasteiger partial charge in [-0.2, -0.15) is 0 Å². The summed E-state index contributed by atoms with van der Waals surface area (Å²) in [5, 5.41) is 8.44. The van der Waals surface area contributed by atoms with Crippen molar-refractivity contribution in [3.63, 3.8) is 0 Å². The van der Waals surface area contributed by atoms with Gasteiger partial charge in [-0.15, -0.1) is 0 Å². The lowest BCUT2D eigenvalue weighted by molar-refractivity contribution is -0.137. The van der Waals surface area contributed by atoms with E-state index in [0.717, 1.165) is 19.5 Å². The van der Waals surface area contributed by atoms with Gasteiger partial charge in [0.05, 0.1) is 12.5 Å². The number of rotatable bonds is 4. The number of carbonyl (C=O) groups is 1.